The molecular formula is C15H13NO4S. The number of carbonyl (C=O) groups excluding carboxylic acids is 1. The van der Waals surface area contributed by atoms with Crippen LogP contribution in [0.1, 0.15) is 17.0 Å². The predicted molar refractivity (Wildman–Crippen MR) is 77.8 cm³/mol. The average Bonchev–Trinajstić information content (AvgIpc) is 2.42. The Kier molecular flexibility index (Phi) is 3.17. The van der Waals surface area contributed by atoms with Crippen LogP contribution in [0.4, 0.5) is 0 Å². The second kappa shape index (κ2) is 4.89. The molecule has 0 saturated carbocycles. The molecule has 0 aromatic heterocycles. The molecule has 3 rings (SSSR count). The Morgan fingerprint density at radius 2 is 1.48 bits per heavy atom. The van der Waals surface area contributed by atoms with E-state index < -0.39 is 21.8 Å². The highest BCUT2D eigenvalue weighted by Gasteiger charge is 2.33. The Bertz CT molecular complexity index is 768. The number of para-hydroxylation sites is 2. The van der Waals surface area contributed by atoms with Crippen molar-refractivity contribution < 1.29 is 17.9 Å². The SMILES string of the molecule is CS(=O)(=O)NC(=O)C1c2ccccc2Oc2ccccc21. The number of amides is 1. The summed E-state index contributed by atoms with van der Waals surface area (Å²) >= 11 is 0. The smallest absolute Gasteiger partial charge is 0.245 e. The molecule has 5 nitrogen and oxygen atoms in total. The van der Waals surface area contributed by atoms with Crippen LogP contribution in [-0.2, 0) is 14.8 Å². The molecule has 6 heteroatoms. The third-order valence-corrected chi connectivity index (χ3v) is 3.80. The maximum atomic E-state index is 12.4. The molecular weight excluding hydrogens is 290 g/mol. The molecule has 1 aliphatic heterocycles. The van der Waals surface area contributed by atoms with E-state index in [1.807, 2.05) is 4.72 Å². The largest absolute Gasteiger partial charge is 0.457 e. The highest BCUT2D eigenvalue weighted by Crippen LogP contribution is 2.43. The Labute approximate surface area is 122 Å². The summed E-state index contributed by atoms with van der Waals surface area (Å²) in [5.74, 6) is -0.170. The quantitative estimate of drug-likeness (QED) is 0.921. The topological polar surface area (TPSA) is 72.5 Å². The summed E-state index contributed by atoms with van der Waals surface area (Å²) in [5.41, 5.74) is 1.30. The van der Waals surface area contributed by atoms with Crippen molar-refractivity contribution in [2.24, 2.45) is 0 Å². The molecule has 0 spiro atoms. The maximum Gasteiger partial charge on any atom is 0.245 e. The van der Waals surface area contributed by atoms with Gasteiger partial charge in [0.1, 0.15) is 11.5 Å². The number of rotatable bonds is 2. The molecule has 108 valence electrons. The fraction of sp³-hybridized carbons (Fsp3) is 0.133. The van der Waals surface area contributed by atoms with E-state index in [1.54, 1.807) is 48.5 Å². The molecule has 0 atom stereocenters. The van der Waals surface area contributed by atoms with Gasteiger partial charge in [0.2, 0.25) is 15.9 Å². The van der Waals surface area contributed by atoms with Crippen molar-refractivity contribution in [3.8, 4) is 11.5 Å². The van der Waals surface area contributed by atoms with Crippen molar-refractivity contribution in [1.82, 2.24) is 4.72 Å². The number of nitrogens with one attached hydrogen (secondary N) is 1. The van der Waals surface area contributed by atoms with Crippen molar-refractivity contribution in [2.75, 3.05) is 6.26 Å². The van der Waals surface area contributed by atoms with E-state index in [0.717, 1.165) is 6.26 Å². The van der Waals surface area contributed by atoms with Gasteiger partial charge in [0.15, 0.2) is 0 Å². The van der Waals surface area contributed by atoms with Crippen LogP contribution in [0, 0.1) is 0 Å². The van der Waals surface area contributed by atoms with Gasteiger partial charge in [-0.25, -0.2) is 8.42 Å². The standard InChI is InChI=1S/C15H13NO4S/c1-21(18,19)16-15(17)14-10-6-2-4-8-12(10)20-13-9-5-3-7-11(13)14/h2-9,14H,1H3,(H,16,17). The van der Waals surface area contributed by atoms with E-state index in [4.69, 9.17) is 4.74 Å². The fourth-order valence-electron chi connectivity index (χ4n) is 2.43. The van der Waals surface area contributed by atoms with Crippen molar-refractivity contribution in [3.05, 3.63) is 59.7 Å². The van der Waals surface area contributed by atoms with Gasteiger partial charge < -0.3 is 4.74 Å². The first-order chi connectivity index (χ1) is 9.96. The van der Waals surface area contributed by atoms with E-state index in [2.05, 4.69) is 0 Å². The molecule has 0 unspecified atom stereocenters. The average molecular weight is 303 g/mol. The minimum absolute atomic E-state index is 0.560. The minimum Gasteiger partial charge on any atom is -0.457 e. The minimum atomic E-state index is -3.62. The highest BCUT2D eigenvalue weighted by molar-refractivity contribution is 7.89. The Morgan fingerprint density at radius 3 is 1.95 bits per heavy atom. The summed E-state index contributed by atoms with van der Waals surface area (Å²) in [5, 5.41) is 0. The van der Waals surface area contributed by atoms with E-state index in [0.29, 0.717) is 22.6 Å². The molecule has 21 heavy (non-hydrogen) atoms. The highest BCUT2D eigenvalue weighted by atomic mass is 32.2. The lowest BCUT2D eigenvalue weighted by molar-refractivity contribution is -0.120. The second-order valence-electron chi connectivity index (χ2n) is 4.85. The number of hydrogen-bond donors (Lipinski definition) is 1. The van der Waals surface area contributed by atoms with Gasteiger partial charge in [-0.15, -0.1) is 0 Å². The number of ether oxygens (including phenoxy) is 1. The molecule has 0 saturated heterocycles. The van der Waals surface area contributed by atoms with Crippen molar-refractivity contribution in [3.63, 3.8) is 0 Å². The zero-order valence-corrected chi connectivity index (χ0v) is 12.1. The third-order valence-electron chi connectivity index (χ3n) is 3.23. The Hall–Kier alpha value is -2.34. The van der Waals surface area contributed by atoms with Gasteiger partial charge in [-0.2, -0.15) is 0 Å². The van der Waals surface area contributed by atoms with Crippen molar-refractivity contribution in [2.45, 2.75) is 5.92 Å². The van der Waals surface area contributed by atoms with Gasteiger partial charge in [-0.1, -0.05) is 36.4 Å². The van der Waals surface area contributed by atoms with E-state index in [1.165, 1.54) is 0 Å². The monoisotopic (exact) mass is 303 g/mol. The van der Waals surface area contributed by atoms with Gasteiger partial charge in [-0.05, 0) is 12.1 Å². The van der Waals surface area contributed by atoms with Gasteiger partial charge in [-0.3, -0.25) is 9.52 Å². The zero-order valence-electron chi connectivity index (χ0n) is 11.2. The van der Waals surface area contributed by atoms with E-state index >= 15 is 0 Å². The molecule has 0 bridgehead atoms. The van der Waals surface area contributed by atoms with Gasteiger partial charge in [0.05, 0.1) is 12.2 Å². The van der Waals surface area contributed by atoms with Crippen molar-refractivity contribution >= 4 is 15.9 Å². The summed E-state index contributed by atoms with van der Waals surface area (Å²) in [6, 6.07) is 14.2. The summed E-state index contributed by atoms with van der Waals surface area (Å²) in [4.78, 5) is 12.4. The molecule has 0 radical (unpaired) electrons. The van der Waals surface area contributed by atoms with Crippen LogP contribution in [-0.4, -0.2) is 20.6 Å². The molecule has 1 aliphatic rings. The van der Waals surface area contributed by atoms with Crippen LogP contribution in [0.15, 0.2) is 48.5 Å². The van der Waals surface area contributed by atoms with Crippen LogP contribution in [0.25, 0.3) is 0 Å². The first-order valence-corrected chi connectivity index (χ1v) is 8.22. The fourth-order valence-corrected chi connectivity index (χ4v) is 2.92. The van der Waals surface area contributed by atoms with Crippen LogP contribution < -0.4 is 9.46 Å². The van der Waals surface area contributed by atoms with Gasteiger partial charge >= 0.3 is 0 Å². The molecule has 0 aliphatic carbocycles. The summed E-state index contributed by atoms with van der Waals surface area (Å²) in [6.45, 7) is 0. The lowest BCUT2D eigenvalue weighted by Crippen LogP contribution is -2.35. The van der Waals surface area contributed by atoms with Gasteiger partial charge in [0.25, 0.3) is 0 Å². The van der Waals surface area contributed by atoms with Crippen LogP contribution in [0.5, 0.6) is 11.5 Å². The first-order valence-electron chi connectivity index (χ1n) is 6.33. The number of hydrogen-bond acceptors (Lipinski definition) is 4. The second-order valence-corrected chi connectivity index (χ2v) is 6.60. The third kappa shape index (κ3) is 2.62. The predicted octanol–water partition coefficient (Wildman–Crippen LogP) is 2.00. The van der Waals surface area contributed by atoms with Gasteiger partial charge in [0, 0.05) is 11.1 Å². The number of benzene rings is 2. The number of sulfonamides is 1. The molecule has 0 fully saturated rings. The van der Waals surface area contributed by atoms with Crippen LogP contribution >= 0.6 is 0 Å². The molecule has 2 aromatic rings. The van der Waals surface area contributed by atoms with Crippen molar-refractivity contribution in [1.29, 1.82) is 0 Å². The first kappa shape index (κ1) is 13.6. The molecule has 2 aromatic carbocycles. The summed E-state index contributed by atoms with van der Waals surface area (Å²) < 4.78 is 30.5. The lowest BCUT2D eigenvalue weighted by atomic mass is 9.87. The van der Waals surface area contributed by atoms with Crippen LogP contribution in [0.2, 0.25) is 0 Å². The van der Waals surface area contributed by atoms with Crippen LogP contribution in [0.3, 0.4) is 0 Å². The summed E-state index contributed by atoms with van der Waals surface area (Å²) in [7, 11) is -3.62. The van der Waals surface area contributed by atoms with E-state index in [9.17, 15) is 13.2 Å². The molecule has 1 N–H and O–H groups in total. The summed E-state index contributed by atoms with van der Waals surface area (Å²) in [6.07, 6.45) is 0.960. The molecule has 1 amide bonds. The number of fused-ring (bicyclic) bond motifs is 2. The normalized spacial score (nSPS) is 13.8. The molecule has 1 heterocycles. The maximum absolute atomic E-state index is 12.4. The number of carbonyl (C=O) groups is 1. The Morgan fingerprint density at radius 1 is 1.00 bits per heavy atom. The van der Waals surface area contributed by atoms with E-state index in [-0.39, 0.29) is 0 Å². The Balaban J connectivity index is 2.13. The zero-order chi connectivity index (χ0) is 15.0. The lowest BCUT2D eigenvalue weighted by Gasteiger charge is -2.27.